The van der Waals surface area contributed by atoms with Crippen LogP contribution in [-0.4, -0.2) is 46.4 Å². The Morgan fingerprint density at radius 3 is 2.35 bits per heavy atom. The Bertz CT molecular complexity index is 1160. The Morgan fingerprint density at radius 1 is 1.06 bits per heavy atom. The van der Waals surface area contributed by atoms with Crippen LogP contribution in [0.1, 0.15) is 20.3 Å². The highest BCUT2D eigenvalue weighted by molar-refractivity contribution is 7.71. The van der Waals surface area contributed by atoms with E-state index in [-0.39, 0.29) is 18.9 Å². The molecule has 10 nitrogen and oxygen atoms in total. The molecule has 11 heteroatoms. The van der Waals surface area contributed by atoms with Crippen LogP contribution in [0.4, 0.5) is 0 Å². The van der Waals surface area contributed by atoms with Crippen molar-refractivity contribution in [3.8, 4) is 28.6 Å². The third-order valence-electron chi connectivity index (χ3n) is 4.81. The van der Waals surface area contributed by atoms with Gasteiger partial charge < -0.3 is 14.2 Å². The molecule has 1 heterocycles. The predicted octanol–water partition coefficient (Wildman–Crippen LogP) is 3.02. The number of methoxy groups -OCH3 is 1. The smallest absolute Gasteiger partial charge is 0.279 e. The Kier molecular flexibility index (Phi) is 8.63. The zero-order valence-electron chi connectivity index (χ0n) is 19.2. The van der Waals surface area contributed by atoms with Gasteiger partial charge in [0.15, 0.2) is 16.7 Å². The first kappa shape index (κ1) is 24.8. The number of aromatic nitrogens is 3. The maximum absolute atomic E-state index is 12.3. The van der Waals surface area contributed by atoms with Crippen LogP contribution in [0.15, 0.2) is 48.5 Å². The van der Waals surface area contributed by atoms with Crippen LogP contribution in [0, 0.1) is 4.77 Å². The molecule has 0 aliphatic rings. The van der Waals surface area contributed by atoms with Gasteiger partial charge in [-0.2, -0.15) is 5.10 Å². The molecule has 2 aromatic carbocycles. The molecule has 3 aromatic rings. The summed E-state index contributed by atoms with van der Waals surface area (Å²) in [7, 11) is 1.59. The molecule has 0 saturated carbocycles. The summed E-state index contributed by atoms with van der Waals surface area (Å²) in [5.41, 5.74) is 5.60. The van der Waals surface area contributed by atoms with Crippen molar-refractivity contribution in [2.75, 3.05) is 13.7 Å². The highest BCUT2D eigenvalue weighted by Gasteiger charge is 2.16. The van der Waals surface area contributed by atoms with Gasteiger partial charge in [0.25, 0.3) is 5.91 Å². The van der Waals surface area contributed by atoms with Gasteiger partial charge in [-0.05, 0) is 74.6 Å². The molecule has 0 fully saturated rings. The number of hydrazine groups is 1. The Hall–Kier alpha value is -3.86. The number of carbonyl (C=O) groups is 2. The summed E-state index contributed by atoms with van der Waals surface area (Å²) in [5.74, 6) is 1.68. The topological polar surface area (TPSA) is 120 Å². The Labute approximate surface area is 202 Å². The van der Waals surface area contributed by atoms with E-state index in [1.54, 1.807) is 42.9 Å². The predicted molar refractivity (Wildman–Crippen MR) is 128 cm³/mol. The van der Waals surface area contributed by atoms with E-state index in [2.05, 4.69) is 21.0 Å². The maximum atomic E-state index is 12.3. The van der Waals surface area contributed by atoms with Crippen LogP contribution >= 0.6 is 12.2 Å². The summed E-state index contributed by atoms with van der Waals surface area (Å²) in [4.78, 5) is 24.6. The van der Waals surface area contributed by atoms with Gasteiger partial charge in [-0.3, -0.25) is 30.1 Å². The highest BCUT2D eigenvalue weighted by atomic mass is 32.1. The van der Waals surface area contributed by atoms with Gasteiger partial charge in [0.2, 0.25) is 5.91 Å². The van der Waals surface area contributed by atoms with Crippen molar-refractivity contribution in [3.63, 3.8) is 0 Å². The number of aromatic amines is 1. The van der Waals surface area contributed by atoms with Crippen molar-refractivity contribution >= 4 is 24.0 Å². The summed E-state index contributed by atoms with van der Waals surface area (Å²) in [6.07, 6.45) is -0.742. The molecule has 1 unspecified atom stereocenters. The molecule has 0 spiro atoms. The number of hydrogen-bond donors (Lipinski definition) is 3. The van der Waals surface area contributed by atoms with Crippen molar-refractivity contribution in [3.05, 3.63) is 53.3 Å². The summed E-state index contributed by atoms with van der Waals surface area (Å²) >= 11 is 5.29. The lowest BCUT2D eigenvalue weighted by Gasteiger charge is -2.15. The molecule has 180 valence electrons. The fourth-order valence-electron chi connectivity index (χ4n) is 3.03. The van der Waals surface area contributed by atoms with Crippen molar-refractivity contribution in [1.29, 1.82) is 0 Å². The molecule has 1 atom stereocenters. The molecule has 2 amide bonds. The zero-order valence-corrected chi connectivity index (χ0v) is 20.0. The van der Waals surface area contributed by atoms with E-state index in [0.29, 0.717) is 28.7 Å². The monoisotopic (exact) mass is 485 g/mol. The Morgan fingerprint density at radius 2 is 1.71 bits per heavy atom. The molecule has 0 bridgehead atoms. The summed E-state index contributed by atoms with van der Waals surface area (Å²) in [6, 6.07) is 14.3. The quantitative estimate of drug-likeness (QED) is 0.298. The minimum absolute atomic E-state index is 0.0748. The van der Waals surface area contributed by atoms with Crippen LogP contribution in [0.5, 0.6) is 17.2 Å². The number of nitrogens with zero attached hydrogens (tertiary/aromatic N) is 2. The van der Waals surface area contributed by atoms with E-state index in [1.165, 1.54) is 0 Å². The second-order valence-corrected chi connectivity index (χ2v) is 7.57. The first-order valence-corrected chi connectivity index (χ1v) is 11.1. The molecule has 1 aromatic heterocycles. The van der Waals surface area contributed by atoms with Crippen molar-refractivity contribution in [2.45, 2.75) is 32.9 Å². The molecule has 0 aliphatic heterocycles. The fraction of sp³-hybridized carbons (Fsp3) is 0.304. The number of benzene rings is 2. The summed E-state index contributed by atoms with van der Waals surface area (Å²) in [6.45, 7) is 4.32. The fourth-order valence-corrected chi connectivity index (χ4v) is 3.26. The molecule has 34 heavy (non-hydrogen) atoms. The van der Waals surface area contributed by atoms with Crippen molar-refractivity contribution in [2.24, 2.45) is 0 Å². The number of carbonyl (C=O) groups excluding carboxylic acids is 2. The molecule has 3 N–H and O–H groups in total. The van der Waals surface area contributed by atoms with E-state index < -0.39 is 12.0 Å². The van der Waals surface area contributed by atoms with Crippen LogP contribution in [0.25, 0.3) is 11.4 Å². The van der Waals surface area contributed by atoms with Gasteiger partial charge in [0, 0.05) is 18.5 Å². The lowest BCUT2D eigenvalue weighted by molar-refractivity contribution is -0.132. The van der Waals surface area contributed by atoms with E-state index in [4.69, 9.17) is 26.4 Å². The molecular formula is C23H27N5O5S. The average molecular weight is 486 g/mol. The molecule has 0 saturated heterocycles. The molecule has 3 rings (SSSR count). The van der Waals surface area contributed by atoms with Gasteiger partial charge in [-0.1, -0.05) is 0 Å². The lowest BCUT2D eigenvalue weighted by atomic mass is 10.2. The minimum atomic E-state index is -0.817. The molecular weight excluding hydrogens is 458 g/mol. The summed E-state index contributed by atoms with van der Waals surface area (Å²) < 4.78 is 18.3. The highest BCUT2D eigenvalue weighted by Crippen LogP contribution is 2.21. The van der Waals surface area contributed by atoms with Crippen molar-refractivity contribution < 1.29 is 23.8 Å². The van der Waals surface area contributed by atoms with E-state index in [9.17, 15) is 9.59 Å². The van der Waals surface area contributed by atoms with Gasteiger partial charge in [-0.25, -0.2) is 0 Å². The van der Waals surface area contributed by atoms with Crippen LogP contribution < -0.4 is 25.1 Å². The van der Waals surface area contributed by atoms with Gasteiger partial charge in [0.1, 0.15) is 17.2 Å². The average Bonchev–Trinajstić information content (AvgIpc) is 3.22. The van der Waals surface area contributed by atoms with Gasteiger partial charge in [0.05, 0.1) is 13.7 Å². The van der Waals surface area contributed by atoms with E-state index >= 15 is 0 Å². The third kappa shape index (κ3) is 6.58. The van der Waals surface area contributed by atoms with E-state index in [1.807, 2.05) is 31.2 Å². The van der Waals surface area contributed by atoms with Crippen LogP contribution in [0.3, 0.4) is 0 Å². The first-order valence-electron chi connectivity index (χ1n) is 10.7. The minimum Gasteiger partial charge on any atom is -0.497 e. The second kappa shape index (κ2) is 11.8. The lowest BCUT2D eigenvalue weighted by Crippen LogP contribution is -2.47. The number of ether oxygens (including phenoxy) is 3. The maximum Gasteiger partial charge on any atom is 0.279 e. The molecule has 0 radical (unpaired) electrons. The number of nitrogens with one attached hydrogen (secondary N) is 3. The SMILES string of the molecule is CCOc1ccc(OC(C)C(=O)NNC(=O)CCn2c(-c3ccc(OC)cc3)n[nH]c2=S)cc1. The second-order valence-electron chi connectivity index (χ2n) is 7.18. The standard InChI is InChI=1S/C23H27N5O5S/c1-4-32-18-9-11-19(12-10-18)33-15(2)22(30)26-24-20(29)13-14-28-21(25-27-23(28)34)16-5-7-17(31-3)8-6-16/h5-12,15H,4,13-14H2,1-3H3,(H,24,29)(H,26,30)(H,27,34). The van der Waals surface area contributed by atoms with Crippen molar-refractivity contribution in [1.82, 2.24) is 25.6 Å². The van der Waals surface area contributed by atoms with Crippen LogP contribution in [0.2, 0.25) is 0 Å². The summed E-state index contributed by atoms with van der Waals surface area (Å²) in [5, 5.41) is 7.00. The number of amides is 2. The largest absolute Gasteiger partial charge is 0.497 e. The normalized spacial score (nSPS) is 11.4. The number of hydrogen-bond acceptors (Lipinski definition) is 7. The number of H-pyrrole nitrogens is 1. The molecule has 0 aliphatic carbocycles. The number of rotatable bonds is 10. The zero-order chi connectivity index (χ0) is 24.5. The van der Waals surface area contributed by atoms with Crippen LogP contribution in [-0.2, 0) is 16.1 Å². The first-order chi connectivity index (χ1) is 16.4. The van der Waals surface area contributed by atoms with Gasteiger partial charge >= 0.3 is 0 Å². The van der Waals surface area contributed by atoms with Gasteiger partial charge in [-0.15, -0.1) is 0 Å². The Balaban J connectivity index is 1.49. The van der Waals surface area contributed by atoms with E-state index in [0.717, 1.165) is 11.3 Å². The third-order valence-corrected chi connectivity index (χ3v) is 5.12.